The third-order valence-corrected chi connectivity index (χ3v) is 6.69. The highest BCUT2D eigenvalue weighted by molar-refractivity contribution is 5.96. The van der Waals surface area contributed by atoms with E-state index in [0.717, 1.165) is 30.5 Å². The van der Waals surface area contributed by atoms with E-state index in [9.17, 15) is 9.59 Å². The van der Waals surface area contributed by atoms with Gasteiger partial charge in [0.1, 0.15) is 0 Å². The summed E-state index contributed by atoms with van der Waals surface area (Å²) in [6.07, 6.45) is 4.29. The van der Waals surface area contributed by atoms with E-state index in [-0.39, 0.29) is 30.1 Å². The first-order chi connectivity index (χ1) is 13.4. The van der Waals surface area contributed by atoms with Crippen LogP contribution in [-0.4, -0.2) is 50.5 Å². The highest BCUT2D eigenvalue weighted by Gasteiger charge is 2.56. The molecular weight excluding hydrogens is 358 g/mol. The molecule has 1 fully saturated rings. The number of fused-ring (bicyclic) bond motifs is 1. The number of esters is 1. The number of ketones is 1. The Labute approximate surface area is 165 Å². The Morgan fingerprint density at radius 3 is 2.75 bits per heavy atom. The smallest absolute Gasteiger partial charge is 0.311 e. The van der Waals surface area contributed by atoms with Crippen LogP contribution in [0.15, 0.2) is 24.0 Å². The Hall–Kier alpha value is -2.34. The van der Waals surface area contributed by atoms with Gasteiger partial charge >= 0.3 is 5.97 Å². The van der Waals surface area contributed by atoms with Crippen LogP contribution in [0.25, 0.3) is 0 Å². The van der Waals surface area contributed by atoms with Crippen LogP contribution < -0.4 is 9.47 Å². The maximum absolute atomic E-state index is 12.9. The van der Waals surface area contributed by atoms with Gasteiger partial charge in [0.25, 0.3) is 0 Å². The highest BCUT2D eigenvalue weighted by Crippen LogP contribution is 2.58. The molecule has 0 spiro atoms. The fourth-order valence-electron chi connectivity index (χ4n) is 5.30. The number of hydrogen-bond donors (Lipinski definition) is 0. The third kappa shape index (κ3) is 2.65. The predicted octanol–water partition coefficient (Wildman–Crippen LogP) is 2.63. The number of likely N-dealkylation sites (tertiary alicyclic amines) is 1. The number of carbonyl (C=O) groups excluding carboxylic acids is 2. The number of hydrogen-bond acceptors (Lipinski definition) is 6. The summed E-state index contributed by atoms with van der Waals surface area (Å²) in [6.45, 7) is 2.66. The molecule has 0 amide bonds. The molecule has 150 valence electrons. The zero-order valence-electron chi connectivity index (χ0n) is 16.9. The number of likely N-dealkylation sites (N-methyl/N-ethyl adjacent to an activating group) is 1. The van der Waals surface area contributed by atoms with Gasteiger partial charge in [0, 0.05) is 35.8 Å². The van der Waals surface area contributed by atoms with E-state index < -0.39 is 5.41 Å². The second-order valence-electron chi connectivity index (χ2n) is 7.98. The van der Waals surface area contributed by atoms with Gasteiger partial charge in [-0.1, -0.05) is 13.0 Å². The van der Waals surface area contributed by atoms with Crippen molar-refractivity contribution in [3.63, 3.8) is 0 Å². The van der Waals surface area contributed by atoms with Crippen LogP contribution in [0, 0.1) is 5.92 Å². The first-order valence-corrected chi connectivity index (χ1v) is 9.85. The van der Waals surface area contributed by atoms with Gasteiger partial charge in [-0.3, -0.25) is 9.59 Å². The molecule has 3 atom stereocenters. The van der Waals surface area contributed by atoms with Gasteiger partial charge in [0.05, 0.1) is 14.2 Å². The number of allylic oxidation sites excluding steroid dienone is 1. The second-order valence-corrected chi connectivity index (χ2v) is 7.98. The van der Waals surface area contributed by atoms with Crippen LogP contribution in [0.2, 0.25) is 0 Å². The van der Waals surface area contributed by atoms with Crippen molar-refractivity contribution >= 4 is 11.8 Å². The number of piperidine rings is 1. The fourth-order valence-corrected chi connectivity index (χ4v) is 5.30. The molecule has 1 aromatic carbocycles. The molecule has 1 saturated heterocycles. The number of rotatable bonds is 4. The van der Waals surface area contributed by atoms with Gasteiger partial charge in [-0.25, -0.2) is 0 Å². The van der Waals surface area contributed by atoms with Crippen LogP contribution in [0.1, 0.15) is 37.3 Å². The van der Waals surface area contributed by atoms with Crippen molar-refractivity contribution in [1.29, 1.82) is 0 Å². The lowest BCUT2D eigenvalue weighted by molar-refractivity contribution is -0.134. The summed E-state index contributed by atoms with van der Waals surface area (Å²) in [5.41, 5.74) is 1.71. The van der Waals surface area contributed by atoms with Crippen molar-refractivity contribution in [2.45, 2.75) is 44.1 Å². The van der Waals surface area contributed by atoms with E-state index in [0.29, 0.717) is 23.7 Å². The molecule has 1 heterocycles. The Kier molecular flexibility index (Phi) is 4.70. The van der Waals surface area contributed by atoms with Gasteiger partial charge in [0.15, 0.2) is 23.0 Å². The number of ether oxygens (including phenoxy) is 3. The minimum atomic E-state index is -0.401. The third-order valence-electron chi connectivity index (χ3n) is 6.69. The Morgan fingerprint density at radius 1 is 1.29 bits per heavy atom. The molecule has 1 aromatic rings. The summed E-state index contributed by atoms with van der Waals surface area (Å²) in [5, 5.41) is 0. The molecule has 6 heteroatoms. The molecule has 4 rings (SSSR count). The molecule has 6 nitrogen and oxygen atoms in total. The molecule has 0 unspecified atom stereocenters. The molecule has 0 radical (unpaired) electrons. The van der Waals surface area contributed by atoms with Crippen LogP contribution in [0.5, 0.6) is 11.5 Å². The van der Waals surface area contributed by atoms with Crippen LogP contribution in [-0.2, 0) is 26.2 Å². The molecule has 0 N–H and O–H groups in total. The molecule has 28 heavy (non-hydrogen) atoms. The number of benzene rings is 1. The van der Waals surface area contributed by atoms with E-state index in [2.05, 4.69) is 18.0 Å². The average Bonchev–Trinajstić information content (AvgIpc) is 2.69. The largest absolute Gasteiger partial charge is 0.493 e. The van der Waals surface area contributed by atoms with Crippen molar-refractivity contribution in [1.82, 2.24) is 4.90 Å². The fraction of sp³-hybridized carbons (Fsp3) is 0.545. The lowest BCUT2D eigenvalue weighted by Gasteiger charge is -2.56. The second kappa shape index (κ2) is 6.92. The molecule has 3 aliphatic rings. The van der Waals surface area contributed by atoms with Crippen molar-refractivity contribution in [2.75, 3.05) is 27.8 Å². The highest BCUT2D eigenvalue weighted by atomic mass is 16.6. The summed E-state index contributed by atoms with van der Waals surface area (Å²) >= 11 is 0. The topological polar surface area (TPSA) is 65.1 Å². The SMILES string of the molecule is CCC(=O)Oc1c(OC)ccc2c1[C@@]13CCN(C)[C@@H](C2)[C@@H]1C=C(OC)C(=O)C3. The first kappa shape index (κ1) is 19.0. The van der Waals surface area contributed by atoms with Crippen molar-refractivity contribution in [3.05, 3.63) is 35.1 Å². The van der Waals surface area contributed by atoms with Gasteiger partial charge in [-0.15, -0.1) is 0 Å². The number of nitrogens with zero attached hydrogens (tertiary/aromatic N) is 1. The standard InChI is InChI=1S/C22H27NO5/c1-5-19(25)28-21-17(26-3)7-6-13-10-15-14-11-18(27-4)16(24)12-22(14,20(13)21)8-9-23(15)2/h6-7,11,14-15H,5,8-10,12H2,1-4H3/t14-,15-,22+/m0/s1. The van der Waals surface area contributed by atoms with Gasteiger partial charge < -0.3 is 19.1 Å². The summed E-state index contributed by atoms with van der Waals surface area (Å²) in [6, 6.07) is 4.20. The zero-order chi connectivity index (χ0) is 20.1. The van der Waals surface area contributed by atoms with Crippen molar-refractivity contribution < 1.29 is 23.8 Å². The number of carbonyl (C=O) groups is 2. The van der Waals surface area contributed by atoms with E-state index in [1.807, 2.05) is 12.1 Å². The maximum Gasteiger partial charge on any atom is 0.311 e. The van der Waals surface area contributed by atoms with Crippen LogP contribution >= 0.6 is 0 Å². The van der Waals surface area contributed by atoms with E-state index in [1.165, 1.54) is 0 Å². The predicted molar refractivity (Wildman–Crippen MR) is 104 cm³/mol. The summed E-state index contributed by atoms with van der Waals surface area (Å²) in [7, 11) is 5.27. The lowest BCUT2D eigenvalue weighted by atomic mass is 9.53. The van der Waals surface area contributed by atoms with Crippen molar-refractivity contribution in [2.24, 2.45) is 5.92 Å². The Bertz CT molecular complexity index is 861. The normalized spacial score (nSPS) is 28.7. The quantitative estimate of drug-likeness (QED) is 0.586. The Balaban J connectivity index is 1.96. The minimum absolute atomic E-state index is 0.00508. The summed E-state index contributed by atoms with van der Waals surface area (Å²) < 4.78 is 16.7. The number of Topliss-reactive ketones (excluding diaryl/α,β-unsaturated/α-hetero) is 1. The molecule has 2 aliphatic carbocycles. The maximum atomic E-state index is 12.9. The summed E-state index contributed by atoms with van der Waals surface area (Å²) in [4.78, 5) is 27.4. The molecule has 0 aromatic heterocycles. The molecule has 1 aliphatic heterocycles. The van der Waals surface area contributed by atoms with Crippen LogP contribution in [0.3, 0.4) is 0 Å². The minimum Gasteiger partial charge on any atom is -0.493 e. The molecular formula is C22H27NO5. The molecule has 2 bridgehead atoms. The average molecular weight is 385 g/mol. The van der Waals surface area contributed by atoms with Gasteiger partial charge in [-0.05, 0) is 44.1 Å². The van der Waals surface area contributed by atoms with E-state index in [4.69, 9.17) is 14.2 Å². The van der Waals surface area contributed by atoms with Crippen molar-refractivity contribution in [3.8, 4) is 11.5 Å². The van der Waals surface area contributed by atoms with Gasteiger partial charge in [0.2, 0.25) is 0 Å². The number of methoxy groups -OCH3 is 2. The Morgan fingerprint density at radius 2 is 2.07 bits per heavy atom. The van der Waals surface area contributed by atoms with Gasteiger partial charge in [-0.2, -0.15) is 0 Å². The van der Waals surface area contributed by atoms with Crippen LogP contribution in [0.4, 0.5) is 0 Å². The monoisotopic (exact) mass is 385 g/mol. The first-order valence-electron chi connectivity index (χ1n) is 9.85. The van der Waals surface area contributed by atoms with E-state index >= 15 is 0 Å². The molecule has 0 saturated carbocycles. The zero-order valence-corrected chi connectivity index (χ0v) is 16.9. The van der Waals surface area contributed by atoms with E-state index in [1.54, 1.807) is 21.1 Å². The lowest BCUT2D eigenvalue weighted by Crippen LogP contribution is -2.60. The summed E-state index contributed by atoms with van der Waals surface area (Å²) in [5.74, 6) is 1.30.